The highest BCUT2D eigenvalue weighted by Crippen LogP contribution is 2.28. The van der Waals surface area contributed by atoms with Gasteiger partial charge < -0.3 is 24.1 Å². The number of methoxy groups -OCH3 is 2. The lowest BCUT2D eigenvalue weighted by Gasteiger charge is -2.15. The Labute approximate surface area is 145 Å². The van der Waals surface area contributed by atoms with Crippen molar-refractivity contribution in [2.75, 3.05) is 19.5 Å². The molecular formula is C17H20N2O6. The molecular weight excluding hydrogens is 328 g/mol. The Morgan fingerprint density at radius 2 is 1.92 bits per heavy atom. The molecule has 1 aromatic heterocycles. The fourth-order valence-electron chi connectivity index (χ4n) is 2.11. The van der Waals surface area contributed by atoms with Gasteiger partial charge in [-0.2, -0.15) is 0 Å². The van der Waals surface area contributed by atoms with Gasteiger partial charge in [-0.3, -0.25) is 4.79 Å². The lowest BCUT2D eigenvalue weighted by Crippen LogP contribution is -2.32. The average molecular weight is 348 g/mol. The van der Waals surface area contributed by atoms with Crippen molar-refractivity contribution in [3.05, 3.63) is 35.6 Å². The highest BCUT2D eigenvalue weighted by Gasteiger charge is 2.23. The Kier molecular flexibility index (Phi) is 5.99. The van der Waals surface area contributed by atoms with Gasteiger partial charge in [0.2, 0.25) is 0 Å². The van der Waals surface area contributed by atoms with Crippen molar-refractivity contribution in [3.8, 4) is 11.5 Å². The molecule has 0 unspecified atom stereocenters. The fraction of sp³-hybridized carbons (Fsp3) is 0.353. The molecule has 0 radical (unpaired) electrons. The predicted molar refractivity (Wildman–Crippen MR) is 88.9 cm³/mol. The first-order chi connectivity index (χ1) is 12.0. The molecule has 0 spiro atoms. The van der Waals surface area contributed by atoms with Crippen LogP contribution in [0.1, 0.15) is 29.5 Å². The number of nitrogens with one attached hydrogen (secondary N) is 1. The van der Waals surface area contributed by atoms with E-state index in [2.05, 4.69) is 10.5 Å². The van der Waals surface area contributed by atoms with Crippen molar-refractivity contribution in [3.63, 3.8) is 0 Å². The monoisotopic (exact) mass is 348 g/mol. The second-order valence-electron chi connectivity index (χ2n) is 5.18. The zero-order chi connectivity index (χ0) is 18.4. The van der Waals surface area contributed by atoms with Crippen LogP contribution in [0.25, 0.3) is 0 Å². The molecule has 0 aliphatic rings. The van der Waals surface area contributed by atoms with Crippen LogP contribution in [0.2, 0.25) is 0 Å². The second-order valence-corrected chi connectivity index (χ2v) is 5.18. The summed E-state index contributed by atoms with van der Waals surface area (Å²) < 4.78 is 20.5. The van der Waals surface area contributed by atoms with Crippen LogP contribution in [0.3, 0.4) is 0 Å². The summed E-state index contributed by atoms with van der Waals surface area (Å²) in [6.45, 7) is 3.44. The third-order valence-corrected chi connectivity index (χ3v) is 3.41. The molecule has 0 saturated heterocycles. The lowest BCUT2D eigenvalue weighted by atomic mass is 10.2. The first-order valence-electron chi connectivity index (χ1n) is 7.65. The van der Waals surface area contributed by atoms with E-state index in [1.807, 2.05) is 0 Å². The molecule has 8 nitrogen and oxygen atoms in total. The summed E-state index contributed by atoms with van der Waals surface area (Å²) in [6.07, 6.45) is -0.653. The van der Waals surface area contributed by atoms with Crippen molar-refractivity contribution in [2.24, 2.45) is 0 Å². The third kappa shape index (κ3) is 4.50. The number of carbonyl (C=O) groups excluding carboxylic acids is 2. The molecule has 0 aliphatic heterocycles. The molecule has 2 aromatic rings. The first kappa shape index (κ1) is 18.3. The van der Waals surface area contributed by atoms with E-state index in [0.29, 0.717) is 23.7 Å². The van der Waals surface area contributed by atoms with Crippen LogP contribution in [0.5, 0.6) is 11.5 Å². The van der Waals surface area contributed by atoms with Crippen LogP contribution in [0.15, 0.2) is 28.8 Å². The van der Waals surface area contributed by atoms with Crippen LogP contribution in [-0.2, 0) is 9.53 Å². The molecule has 2 rings (SSSR count). The van der Waals surface area contributed by atoms with Gasteiger partial charge in [0.25, 0.3) is 5.91 Å². The number of nitrogens with zero attached hydrogens (tertiary/aromatic N) is 1. The number of carbonyl (C=O) groups is 2. The van der Waals surface area contributed by atoms with Crippen molar-refractivity contribution < 1.29 is 28.3 Å². The van der Waals surface area contributed by atoms with Gasteiger partial charge in [0.15, 0.2) is 23.4 Å². The van der Waals surface area contributed by atoms with Gasteiger partial charge in [-0.05, 0) is 31.5 Å². The topological polar surface area (TPSA) is 99.9 Å². The van der Waals surface area contributed by atoms with E-state index < -0.39 is 18.0 Å². The number of ether oxygens (including phenoxy) is 3. The van der Waals surface area contributed by atoms with Crippen LogP contribution in [-0.4, -0.2) is 37.4 Å². The molecule has 0 aliphatic carbocycles. The minimum Gasteiger partial charge on any atom is -0.493 e. The minimum atomic E-state index is -0.961. The van der Waals surface area contributed by atoms with Crippen molar-refractivity contribution >= 4 is 17.7 Å². The molecule has 134 valence electrons. The summed E-state index contributed by atoms with van der Waals surface area (Å²) in [7, 11) is 2.97. The largest absolute Gasteiger partial charge is 0.493 e. The summed E-state index contributed by atoms with van der Waals surface area (Å²) in [5, 5.41) is 6.22. The number of rotatable bonds is 7. The van der Waals surface area contributed by atoms with Crippen molar-refractivity contribution in [1.29, 1.82) is 0 Å². The number of benzene rings is 1. The standard InChI is InChI=1S/C17H20N2O6/c1-5-12(16(20)18-15-8-10(2)25-19-15)24-17(21)11-6-7-13(22-3)14(9-11)23-4/h6-9,12H,5H2,1-4H3,(H,18,19,20)/t12-/m0/s1. The summed E-state index contributed by atoms with van der Waals surface area (Å²) in [5.74, 6) is 0.593. The minimum absolute atomic E-state index is 0.251. The van der Waals surface area contributed by atoms with E-state index in [4.69, 9.17) is 18.7 Å². The molecule has 0 bridgehead atoms. The molecule has 0 fully saturated rings. The fourth-order valence-corrected chi connectivity index (χ4v) is 2.11. The van der Waals surface area contributed by atoms with Crippen molar-refractivity contribution in [1.82, 2.24) is 5.16 Å². The van der Waals surface area contributed by atoms with Gasteiger partial charge >= 0.3 is 5.97 Å². The van der Waals surface area contributed by atoms with Gasteiger partial charge in [-0.1, -0.05) is 12.1 Å². The third-order valence-electron chi connectivity index (χ3n) is 3.41. The predicted octanol–water partition coefficient (Wildman–Crippen LogP) is 2.57. The second kappa shape index (κ2) is 8.18. The highest BCUT2D eigenvalue weighted by molar-refractivity contribution is 5.97. The molecule has 0 saturated carbocycles. The Bertz CT molecular complexity index is 755. The van der Waals surface area contributed by atoms with E-state index in [1.54, 1.807) is 26.0 Å². The molecule has 8 heteroatoms. The quantitative estimate of drug-likeness (QED) is 0.768. The van der Waals surface area contributed by atoms with Crippen molar-refractivity contribution in [2.45, 2.75) is 26.4 Å². The number of aryl methyl sites for hydroxylation is 1. The maximum atomic E-state index is 12.3. The van der Waals surface area contributed by atoms with E-state index >= 15 is 0 Å². The molecule has 1 amide bonds. The molecule has 1 N–H and O–H groups in total. The molecule has 1 aromatic carbocycles. The highest BCUT2D eigenvalue weighted by atomic mass is 16.5. The number of esters is 1. The number of amides is 1. The number of hydrogen-bond acceptors (Lipinski definition) is 7. The number of anilines is 1. The number of aromatic nitrogens is 1. The summed E-state index contributed by atoms with van der Waals surface area (Å²) in [5.41, 5.74) is 0.251. The van der Waals surface area contributed by atoms with E-state index in [9.17, 15) is 9.59 Å². The Morgan fingerprint density at radius 1 is 1.20 bits per heavy atom. The summed E-state index contributed by atoms with van der Waals surface area (Å²) >= 11 is 0. The normalized spacial score (nSPS) is 11.5. The molecule has 25 heavy (non-hydrogen) atoms. The van der Waals surface area contributed by atoms with Gasteiger partial charge in [-0.15, -0.1) is 0 Å². The van der Waals surface area contributed by atoms with Crippen LogP contribution in [0, 0.1) is 6.92 Å². The van der Waals surface area contributed by atoms with Crippen LogP contribution >= 0.6 is 0 Å². The smallest absolute Gasteiger partial charge is 0.339 e. The van der Waals surface area contributed by atoms with Gasteiger partial charge in [0.05, 0.1) is 19.8 Å². The van der Waals surface area contributed by atoms with E-state index in [-0.39, 0.29) is 11.4 Å². The zero-order valence-electron chi connectivity index (χ0n) is 14.5. The van der Waals surface area contributed by atoms with Gasteiger partial charge in [-0.25, -0.2) is 4.79 Å². The van der Waals surface area contributed by atoms with Gasteiger partial charge in [0, 0.05) is 6.07 Å². The SMILES string of the molecule is CC[C@H](OC(=O)c1ccc(OC)c(OC)c1)C(=O)Nc1cc(C)on1. The van der Waals surface area contributed by atoms with Crippen LogP contribution < -0.4 is 14.8 Å². The average Bonchev–Trinajstić information content (AvgIpc) is 3.03. The Hall–Kier alpha value is -3.03. The summed E-state index contributed by atoms with van der Waals surface area (Å²) in [4.78, 5) is 24.5. The first-order valence-corrected chi connectivity index (χ1v) is 7.65. The van der Waals surface area contributed by atoms with Gasteiger partial charge in [0.1, 0.15) is 5.76 Å². The van der Waals surface area contributed by atoms with E-state index in [1.165, 1.54) is 26.4 Å². The maximum absolute atomic E-state index is 12.3. The zero-order valence-corrected chi connectivity index (χ0v) is 14.5. The maximum Gasteiger partial charge on any atom is 0.339 e. The van der Waals surface area contributed by atoms with Crippen LogP contribution in [0.4, 0.5) is 5.82 Å². The summed E-state index contributed by atoms with van der Waals surface area (Å²) in [6, 6.07) is 6.19. The Balaban J connectivity index is 2.07. The van der Waals surface area contributed by atoms with E-state index in [0.717, 1.165) is 0 Å². The molecule has 1 heterocycles. The molecule has 1 atom stereocenters. The number of hydrogen-bond donors (Lipinski definition) is 1. The Morgan fingerprint density at radius 3 is 2.48 bits per heavy atom. The lowest BCUT2D eigenvalue weighted by molar-refractivity contribution is -0.124.